The predicted molar refractivity (Wildman–Crippen MR) is 243 cm³/mol. The second-order valence-electron chi connectivity index (χ2n) is 15.5. The number of benzene rings is 7. The lowest BCUT2D eigenvalue weighted by molar-refractivity contribution is 0.816. The maximum Gasteiger partial charge on any atom is 0.0458 e. The first kappa shape index (κ1) is 34.8. The maximum atomic E-state index is 2.50. The van der Waals surface area contributed by atoms with Gasteiger partial charge in [0.15, 0.2) is 0 Å². The number of hydrogen-bond acceptors (Lipinski definition) is 1. The number of nitrogens with zero attached hydrogens (tertiary/aromatic N) is 1. The largest absolute Gasteiger partial charge is 0.315 e. The van der Waals surface area contributed by atoms with E-state index in [1.165, 1.54) is 88.7 Å². The quantitative estimate of drug-likeness (QED) is 0.150. The Morgan fingerprint density at radius 2 is 1.14 bits per heavy atom. The van der Waals surface area contributed by atoms with Crippen LogP contribution in [-0.2, 0) is 0 Å². The molecule has 7 aromatic rings. The number of rotatable bonds is 8. The van der Waals surface area contributed by atoms with Crippen LogP contribution in [0.25, 0.3) is 54.9 Å². The van der Waals surface area contributed by atoms with Gasteiger partial charge in [0, 0.05) is 23.0 Å². The van der Waals surface area contributed by atoms with Gasteiger partial charge in [0.05, 0.1) is 0 Å². The summed E-state index contributed by atoms with van der Waals surface area (Å²) in [4.78, 5) is 2.50. The van der Waals surface area contributed by atoms with E-state index in [1.54, 1.807) is 0 Å². The van der Waals surface area contributed by atoms with E-state index in [0.29, 0.717) is 5.92 Å². The van der Waals surface area contributed by atoms with Crippen molar-refractivity contribution in [1.82, 2.24) is 0 Å². The Kier molecular flexibility index (Phi) is 9.42. The van der Waals surface area contributed by atoms with Gasteiger partial charge < -0.3 is 4.90 Å². The van der Waals surface area contributed by atoms with Crippen molar-refractivity contribution in [2.45, 2.75) is 38.0 Å². The number of anilines is 1. The third-order valence-electron chi connectivity index (χ3n) is 12.0. The van der Waals surface area contributed by atoms with Crippen molar-refractivity contribution in [3.05, 3.63) is 234 Å². The standard InChI is InChI=1S/C56H45N/c1-3-11-40(12-4-1)43-23-30-52(31-24-43)57(53-32-25-44(26-33-53)49-21-19-41-13-7-9-17-47(41)37-49)54-34-27-46(28-35-54)56-39-51(29-36-55(56)45-15-5-2-6-16-45)50-22-20-42-14-8-10-18-48(42)38-50/h1-3,5-11,13-23,25,27-30,32-39,44H,4,12,24,26,31H2. The van der Waals surface area contributed by atoms with Gasteiger partial charge in [0.25, 0.3) is 0 Å². The molecule has 1 unspecified atom stereocenters. The molecule has 0 aromatic heterocycles. The zero-order valence-electron chi connectivity index (χ0n) is 32.2. The first-order valence-corrected chi connectivity index (χ1v) is 20.5. The molecule has 0 N–H and O–H groups in total. The molecule has 1 nitrogen and oxygen atoms in total. The Labute approximate surface area is 336 Å². The molecule has 0 saturated heterocycles. The van der Waals surface area contributed by atoms with E-state index in [2.05, 4.69) is 211 Å². The van der Waals surface area contributed by atoms with Crippen LogP contribution in [0, 0.1) is 0 Å². The van der Waals surface area contributed by atoms with E-state index in [9.17, 15) is 0 Å². The van der Waals surface area contributed by atoms with Crippen LogP contribution in [0.4, 0.5) is 5.69 Å². The SMILES string of the molecule is C1=CCCC(C2=CC=C(N(C3=CCC(c4ccc5ccccc5c4)C=C3)c3ccc(-c4cc(-c5ccc6ccccc6c5)ccc4-c4ccccc4)cc3)CC2)=C1. The van der Waals surface area contributed by atoms with Gasteiger partial charge in [0.2, 0.25) is 0 Å². The fourth-order valence-corrected chi connectivity index (χ4v) is 8.88. The van der Waals surface area contributed by atoms with Crippen molar-refractivity contribution < 1.29 is 0 Å². The van der Waals surface area contributed by atoms with Gasteiger partial charge in [-0.1, -0.05) is 170 Å². The molecule has 1 heteroatoms. The Morgan fingerprint density at radius 3 is 1.86 bits per heavy atom. The molecular weight excluding hydrogens is 687 g/mol. The Hall–Kier alpha value is -6.70. The van der Waals surface area contributed by atoms with Crippen LogP contribution in [0.3, 0.4) is 0 Å². The first-order valence-electron chi connectivity index (χ1n) is 20.5. The van der Waals surface area contributed by atoms with Crippen LogP contribution >= 0.6 is 0 Å². The van der Waals surface area contributed by atoms with Gasteiger partial charge in [-0.25, -0.2) is 0 Å². The van der Waals surface area contributed by atoms with Crippen LogP contribution in [0.1, 0.15) is 43.6 Å². The van der Waals surface area contributed by atoms with Crippen LogP contribution < -0.4 is 4.90 Å². The maximum absolute atomic E-state index is 2.50. The van der Waals surface area contributed by atoms with Gasteiger partial charge in [-0.15, -0.1) is 0 Å². The molecule has 10 rings (SSSR count). The van der Waals surface area contributed by atoms with Gasteiger partial charge in [-0.2, -0.15) is 0 Å². The molecule has 7 aromatic carbocycles. The highest BCUT2D eigenvalue weighted by atomic mass is 15.2. The minimum Gasteiger partial charge on any atom is -0.315 e. The molecule has 0 fully saturated rings. The summed E-state index contributed by atoms with van der Waals surface area (Å²) >= 11 is 0. The minimum atomic E-state index is 0.354. The average molecular weight is 732 g/mol. The van der Waals surface area contributed by atoms with Gasteiger partial charge in [-0.05, 0) is 140 Å². The number of allylic oxidation sites excluding steroid dienone is 11. The van der Waals surface area contributed by atoms with E-state index >= 15 is 0 Å². The molecule has 57 heavy (non-hydrogen) atoms. The highest BCUT2D eigenvalue weighted by Gasteiger charge is 2.22. The van der Waals surface area contributed by atoms with Crippen LogP contribution in [0.5, 0.6) is 0 Å². The van der Waals surface area contributed by atoms with Crippen LogP contribution in [0.2, 0.25) is 0 Å². The summed E-state index contributed by atoms with van der Waals surface area (Å²) in [5.41, 5.74) is 15.5. The third kappa shape index (κ3) is 7.14. The minimum absolute atomic E-state index is 0.354. The second kappa shape index (κ2) is 15.4. The lowest BCUT2D eigenvalue weighted by Crippen LogP contribution is -2.23. The van der Waals surface area contributed by atoms with E-state index in [0.717, 1.165) is 32.1 Å². The number of fused-ring (bicyclic) bond motifs is 2. The van der Waals surface area contributed by atoms with Gasteiger partial charge in [-0.3, -0.25) is 0 Å². The van der Waals surface area contributed by atoms with Gasteiger partial charge >= 0.3 is 0 Å². The molecule has 0 bridgehead atoms. The third-order valence-corrected chi connectivity index (χ3v) is 12.0. The number of hydrogen-bond donors (Lipinski definition) is 0. The van der Waals surface area contributed by atoms with E-state index in [-0.39, 0.29) is 0 Å². The zero-order valence-corrected chi connectivity index (χ0v) is 32.2. The second-order valence-corrected chi connectivity index (χ2v) is 15.5. The average Bonchev–Trinajstić information content (AvgIpc) is 3.30. The molecule has 0 spiro atoms. The summed E-state index contributed by atoms with van der Waals surface area (Å²) in [5.74, 6) is 0.354. The van der Waals surface area contributed by atoms with Crippen molar-refractivity contribution in [2.24, 2.45) is 0 Å². The zero-order chi connectivity index (χ0) is 38.0. The molecule has 1 atom stereocenters. The summed E-state index contributed by atoms with van der Waals surface area (Å²) in [6.07, 6.45) is 24.0. The van der Waals surface area contributed by atoms with E-state index in [1.807, 2.05) is 0 Å². The molecular formula is C56H45N. The topological polar surface area (TPSA) is 3.24 Å². The molecule has 0 amide bonds. The molecule has 0 heterocycles. The Bertz CT molecular complexity index is 2810. The fraction of sp³-hybridized carbons (Fsp3) is 0.107. The van der Waals surface area contributed by atoms with Crippen molar-refractivity contribution in [3.63, 3.8) is 0 Å². The normalized spacial score (nSPS) is 16.5. The fourth-order valence-electron chi connectivity index (χ4n) is 8.88. The van der Waals surface area contributed by atoms with Crippen molar-refractivity contribution in [3.8, 4) is 33.4 Å². The van der Waals surface area contributed by atoms with Crippen molar-refractivity contribution in [2.75, 3.05) is 4.90 Å². The summed E-state index contributed by atoms with van der Waals surface area (Å²) in [6.45, 7) is 0. The van der Waals surface area contributed by atoms with Crippen LogP contribution in [-0.4, -0.2) is 0 Å². The van der Waals surface area contributed by atoms with Gasteiger partial charge in [0.1, 0.15) is 0 Å². The van der Waals surface area contributed by atoms with Crippen molar-refractivity contribution >= 4 is 27.2 Å². The highest BCUT2D eigenvalue weighted by molar-refractivity contribution is 5.91. The first-order chi connectivity index (χ1) is 28.2. The molecule has 3 aliphatic carbocycles. The molecule has 274 valence electrons. The molecule has 3 aliphatic rings. The van der Waals surface area contributed by atoms with E-state index < -0.39 is 0 Å². The Balaban J connectivity index is 1.02. The van der Waals surface area contributed by atoms with Crippen LogP contribution in [0.15, 0.2) is 229 Å². The Morgan fingerprint density at radius 1 is 0.474 bits per heavy atom. The predicted octanol–water partition coefficient (Wildman–Crippen LogP) is 15.3. The summed E-state index contributed by atoms with van der Waals surface area (Å²) < 4.78 is 0. The summed E-state index contributed by atoms with van der Waals surface area (Å²) in [7, 11) is 0. The van der Waals surface area contributed by atoms with Crippen molar-refractivity contribution in [1.29, 1.82) is 0 Å². The lowest BCUT2D eigenvalue weighted by atomic mass is 9.88. The van der Waals surface area contributed by atoms with E-state index in [4.69, 9.17) is 0 Å². The summed E-state index contributed by atoms with van der Waals surface area (Å²) in [6, 6.07) is 58.0. The summed E-state index contributed by atoms with van der Waals surface area (Å²) in [5, 5.41) is 5.11. The highest BCUT2D eigenvalue weighted by Crippen LogP contribution is 2.40. The molecule has 0 saturated carbocycles. The molecule has 0 radical (unpaired) electrons. The monoisotopic (exact) mass is 731 g/mol. The lowest BCUT2D eigenvalue weighted by Gasteiger charge is -2.33. The molecule has 0 aliphatic heterocycles. The smallest absolute Gasteiger partial charge is 0.0458 e.